The Bertz CT molecular complexity index is 204. The molecular formula is C11H15S. The first-order valence-electron chi connectivity index (χ1n) is 4.24. The molecule has 0 aliphatic carbocycles. The van der Waals surface area contributed by atoms with Crippen molar-refractivity contribution in [3.63, 3.8) is 0 Å². The highest BCUT2D eigenvalue weighted by Crippen LogP contribution is 2.14. The van der Waals surface area contributed by atoms with Crippen LogP contribution in [0.25, 0.3) is 0 Å². The van der Waals surface area contributed by atoms with Crippen LogP contribution in [0.15, 0.2) is 30.3 Å². The summed E-state index contributed by atoms with van der Waals surface area (Å²) >= 11 is 1.95. The third-order valence-corrected chi connectivity index (χ3v) is 2.86. The lowest BCUT2D eigenvalue weighted by atomic mass is 10.2. The molecule has 1 radical (unpaired) electrons. The molecule has 1 heteroatoms. The van der Waals surface area contributed by atoms with E-state index >= 15 is 0 Å². The third-order valence-electron chi connectivity index (χ3n) is 1.51. The average molecular weight is 179 g/mol. The van der Waals surface area contributed by atoms with Gasteiger partial charge in [-0.3, -0.25) is 0 Å². The van der Waals surface area contributed by atoms with Crippen LogP contribution >= 0.6 is 11.8 Å². The average Bonchev–Trinajstić information content (AvgIpc) is 2.05. The lowest BCUT2D eigenvalue weighted by Crippen LogP contribution is -1.91. The summed E-state index contributed by atoms with van der Waals surface area (Å²) in [5.41, 5.74) is 1.41. The normalized spacial score (nSPS) is 10.6. The first-order chi connectivity index (χ1) is 5.79. The maximum Gasteiger partial charge on any atom is 0.0184 e. The van der Waals surface area contributed by atoms with Crippen LogP contribution in [0.3, 0.4) is 0 Å². The molecule has 65 valence electrons. The molecule has 0 saturated heterocycles. The zero-order chi connectivity index (χ0) is 8.81. The fraction of sp³-hybridized carbons (Fsp3) is 0.364. The molecule has 0 bridgehead atoms. The minimum absolute atomic E-state index is 0.554. The van der Waals surface area contributed by atoms with Gasteiger partial charge in [0.25, 0.3) is 0 Å². The van der Waals surface area contributed by atoms with Gasteiger partial charge in [-0.05, 0) is 24.2 Å². The third kappa shape index (κ3) is 3.82. The van der Waals surface area contributed by atoms with Gasteiger partial charge < -0.3 is 0 Å². The van der Waals surface area contributed by atoms with Gasteiger partial charge in [0.05, 0.1) is 0 Å². The fourth-order valence-electron chi connectivity index (χ4n) is 0.952. The number of hydrogen-bond acceptors (Lipinski definition) is 1. The zero-order valence-electron chi connectivity index (χ0n) is 7.49. The molecule has 12 heavy (non-hydrogen) atoms. The maximum atomic E-state index is 3.95. The summed E-state index contributed by atoms with van der Waals surface area (Å²) in [4.78, 5) is 0. The van der Waals surface area contributed by atoms with Gasteiger partial charge in [0.1, 0.15) is 0 Å². The van der Waals surface area contributed by atoms with E-state index in [1.165, 1.54) is 5.56 Å². The van der Waals surface area contributed by atoms with Gasteiger partial charge in [0.15, 0.2) is 0 Å². The van der Waals surface area contributed by atoms with Crippen molar-refractivity contribution in [3.8, 4) is 0 Å². The van der Waals surface area contributed by atoms with Gasteiger partial charge in [0.2, 0.25) is 0 Å². The second-order valence-electron chi connectivity index (χ2n) is 3.11. The standard InChI is InChI=1S/C11H15S/c1-10(2)8-12-9-11-6-4-3-5-7-11/h3-7,10H,1,8-9H2,2H3. The van der Waals surface area contributed by atoms with Gasteiger partial charge in [-0.15, -0.1) is 0 Å². The van der Waals surface area contributed by atoms with E-state index in [2.05, 4.69) is 44.2 Å². The Balaban J connectivity index is 2.25. The second kappa shape index (κ2) is 5.26. The summed E-state index contributed by atoms with van der Waals surface area (Å²) in [5.74, 6) is 2.81. The summed E-state index contributed by atoms with van der Waals surface area (Å²) in [7, 11) is 0. The largest absolute Gasteiger partial charge is 0.157 e. The summed E-state index contributed by atoms with van der Waals surface area (Å²) in [6.07, 6.45) is 0. The minimum Gasteiger partial charge on any atom is -0.157 e. The molecule has 0 amide bonds. The fourth-order valence-corrected chi connectivity index (χ4v) is 1.90. The van der Waals surface area contributed by atoms with Crippen molar-refractivity contribution < 1.29 is 0 Å². The SMILES string of the molecule is [CH2]C(C)CSCc1ccccc1. The van der Waals surface area contributed by atoms with Crippen molar-refractivity contribution in [2.45, 2.75) is 12.7 Å². The summed E-state index contributed by atoms with van der Waals surface area (Å²) in [6, 6.07) is 10.6. The van der Waals surface area contributed by atoms with E-state index in [0.29, 0.717) is 5.92 Å². The van der Waals surface area contributed by atoms with Crippen LogP contribution in [0.4, 0.5) is 0 Å². The van der Waals surface area contributed by atoms with Crippen molar-refractivity contribution >= 4 is 11.8 Å². The van der Waals surface area contributed by atoms with Gasteiger partial charge >= 0.3 is 0 Å². The molecule has 1 aromatic rings. The Kier molecular flexibility index (Phi) is 4.23. The molecule has 0 aliphatic rings. The molecule has 0 aromatic heterocycles. The highest BCUT2D eigenvalue weighted by atomic mass is 32.2. The first kappa shape index (κ1) is 9.66. The molecule has 1 atom stereocenters. The molecule has 1 unspecified atom stereocenters. The van der Waals surface area contributed by atoms with Crippen LogP contribution in [-0.2, 0) is 5.75 Å². The summed E-state index contributed by atoms with van der Waals surface area (Å²) < 4.78 is 0. The molecule has 0 aliphatic heterocycles. The van der Waals surface area contributed by atoms with E-state index in [1.54, 1.807) is 0 Å². The molecule has 0 N–H and O–H groups in total. The molecule has 0 saturated carbocycles. The van der Waals surface area contributed by atoms with Crippen molar-refractivity contribution in [3.05, 3.63) is 42.8 Å². The van der Waals surface area contributed by atoms with E-state index in [1.807, 2.05) is 11.8 Å². The molecule has 0 nitrogen and oxygen atoms in total. The van der Waals surface area contributed by atoms with Gasteiger partial charge in [-0.25, -0.2) is 0 Å². The van der Waals surface area contributed by atoms with Crippen LogP contribution < -0.4 is 0 Å². The Morgan fingerprint density at radius 1 is 1.33 bits per heavy atom. The predicted molar refractivity (Wildman–Crippen MR) is 57.1 cm³/mol. The lowest BCUT2D eigenvalue weighted by molar-refractivity contribution is 0.842. The predicted octanol–water partition coefficient (Wildman–Crippen LogP) is 3.39. The molecule has 0 fully saturated rings. The minimum atomic E-state index is 0.554. The van der Waals surface area contributed by atoms with E-state index < -0.39 is 0 Å². The summed E-state index contributed by atoms with van der Waals surface area (Å²) in [5, 5.41) is 0. The lowest BCUT2D eigenvalue weighted by Gasteiger charge is -2.03. The molecule has 1 rings (SSSR count). The molecule has 0 spiro atoms. The van der Waals surface area contributed by atoms with Crippen molar-refractivity contribution in [1.29, 1.82) is 0 Å². The monoisotopic (exact) mass is 179 g/mol. The Morgan fingerprint density at radius 2 is 2.00 bits per heavy atom. The van der Waals surface area contributed by atoms with Crippen molar-refractivity contribution in [2.75, 3.05) is 5.75 Å². The van der Waals surface area contributed by atoms with Crippen molar-refractivity contribution in [1.82, 2.24) is 0 Å². The van der Waals surface area contributed by atoms with Crippen LogP contribution in [0.2, 0.25) is 0 Å². The highest BCUT2D eigenvalue weighted by molar-refractivity contribution is 7.98. The first-order valence-corrected chi connectivity index (χ1v) is 5.39. The van der Waals surface area contributed by atoms with Gasteiger partial charge in [0, 0.05) is 5.75 Å². The molecule has 1 aromatic carbocycles. The molecule has 0 heterocycles. The van der Waals surface area contributed by atoms with Crippen LogP contribution in [-0.4, -0.2) is 5.75 Å². The zero-order valence-corrected chi connectivity index (χ0v) is 8.31. The Hall–Kier alpha value is -0.430. The van der Waals surface area contributed by atoms with Crippen LogP contribution in [0.1, 0.15) is 12.5 Å². The maximum absolute atomic E-state index is 3.95. The van der Waals surface area contributed by atoms with E-state index in [0.717, 1.165) is 11.5 Å². The number of thioether (sulfide) groups is 1. The Labute approximate surface area is 79.4 Å². The molecular weight excluding hydrogens is 164 g/mol. The second-order valence-corrected chi connectivity index (χ2v) is 4.14. The van der Waals surface area contributed by atoms with E-state index in [4.69, 9.17) is 0 Å². The topological polar surface area (TPSA) is 0 Å². The van der Waals surface area contributed by atoms with Crippen LogP contribution in [0.5, 0.6) is 0 Å². The van der Waals surface area contributed by atoms with Crippen LogP contribution in [0, 0.1) is 12.8 Å². The van der Waals surface area contributed by atoms with Gasteiger partial charge in [-0.1, -0.05) is 37.3 Å². The smallest absolute Gasteiger partial charge is 0.0184 e. The quantitative estimate of drug-likeness (QED) is 0.682. The van der Waals surface area contributed by atoms with E-state index in [-0.39, 0.29) is 0 Å². The Morgan fingerprint density at radius 3 is 2.58 bits per heavy atom. The number of rotatable bonds is 4. The van der Waals surface area contributed by atoms with Gasteiger partial charge in [-0.2, -0.15) is 11.8 Å². The van der Waals surface area contributed by atoms with Crippen molar-refractivity contribution in [2.24, 2.45) is 5.92 Å². The number of benzene rings is 1. The highest BCUT2D eigenvalue weighted by Gasteiger charge is 1.95. The summed E-state index contributed by atoms with van der Waals surface area (Å²) in [6.45, 7) is 6.10. The number of hydrogen-bond donors (Lipinski definition) is 0. The van der Waals surface area contributed by atoms with E-state index in [9.17, 15) is 0 Å².